The number of urea groups is 1. The molecule has 148 valence electrons. The van der Waals surface area contributed by atoms with Crippen LogP contribution in [-0.4, -0.2) is 23.7 Å². The quantitative estimate of drug-likeness (QED) is 0.674. The highest BCUT2D eigenvalue weighted by molar-refractivity contribution is 6.01. The Bertz CT molecular complexity index is 1070. The number of ether oxygens (including phenoxy) is 2. The molecular weight excluding hydrogens is 366 g/mol. The van der Waals surface area contributed by atoms with E-state index in [2.05, 4.69) is 15.6 Å². The molecule has 1 aliphatic heterocycles. The highest BCUT2D eigenvalue weighted by atomic mass is 16.5. The summed E-state index contributed by atoms with van der Waals surface area (Å²) >= 11 is 0. The van der Waals surface area contributed by atoms with Crippen molar-refractivity contribution in [1.29, 1.82) is 0 Å². The Morgan fingerprint density at radius 3 is 2.93 bits per heavy atom. The summed E-state index contributed by atoms with van der Waals surface area (Å²) in [5.74, 6) is 1.59. The van der Waals surface area contributed by atoms with Gasteiger partial charge in [0.1, 0.15) is 17.1 Å². The maximum atomic E-state index is 12.9. The molecule has 1 aromatic heterocycles. The minimum absolute atomic E-state index is 0.134. The second kappa shape index (κ2) is 6.95. The molecule has 1 spiro atoms. The topological polar surface area (TPSA) is 72.5 Å². The molecule has 1 saturated carbocycles. The molecule has 2 amide bonds. The van der Waals surface area contributed by atoms with Crippen molar-refractivity contribution in [3.05, 3.63) is 60.4 Å². The van der Waals surface area contributed by atoms with Crippen LogP contribution < -0.4 is 20.1 Å². The van der Waals surface area contributed by atoms with Crippen molar-refractivity contribution in [2.75, 3.05) is 12.4 Å². The lowest BCUT2D eigenvalue weighted by atomic mass is 9.73. The SMILES string of the molecule is COc1ccc2c(c1)C(NC(=O)Nc1cccc3cnccc13)CC1(CCC1)O2. The van der Waals surface area contributed by atoms with Crippen LogP contribution in [0.15, 0.2) is 54.9 Å². The van der Waals surface area contributed by atoms with Gasteiger partial charge in [-0.1, -0.05) is 12.1 Å². The maximum absolute atomic E-state index is 12.9. The number of amides is 2. The standard InChI is InChI=1S/C23H23N3O3/c1-28-16-6-7-21-18(12-16)20(13-23(29-21)9-3-10-23)26-22(27)25-19-5-2-4-15-14-24-11-8-17(15)19/h2,4-8,11-12,14,20H,3,9-10,13H2,1H3,(H2,25,26,27). The van der Waals surface area contributed by atoms with E-state index in [0.29, 0.717) is 0 Å². The van der Waals surface area contributed by atoms with E-state index >= 15 is 0 Å². The summed E-state index contributed by atoms with van der Waals surface area (Å²) in [7, 11) is 1.64. The van der Waals surface area contributed by atoms with Gasteiger partial charge < -0.3 is 20.1 Å². The Morgan fingerprint density at radius 1 is 1.24 bits per heavy atom. The molecule has 1 aliphatic carbocycles. The van der Waals surface area contributed by atoms with Gasteiger partial charge in [0, 0.05) is 35.2 Å². The molecule has 1 fully saturated rings. The van der Waals surface area contributed by atoms with Gasteiger partial charge in [-0.15, -0.1) is 0 Å². The summed E-state index contributed by atoms with van der Waals surface area (Å²) in [5.41, 5.74) is 1.56. The molecule has 0 bridgehead atoms. The van der Waals surface area contributed by atoms with Crippen molar-refractivity contribution in [2.24, 2.45) is 0 Å². The lowest BCUT2D eigenvalue weighted by Gasteiger charge is -2.48. The van der Waals surface area contributed by atoms with E-state index in [-0.39, 0.29) is 17.7 Å². The third kappa shape index (κ3) is 3.24. The van der Waals surface area contributed by atoms with Crippen LogP contribution in [0, 0.1) is 0 Å². The van der Waals surface area contributed by atoms with Gasteiger partial charge >= 0.3 is 6.03 Å². The smallest absolute Gasteiger partial charge is 0.319 e. The van der Waals surface area contributed by atoms with Crippen molar-refractivity contribution in [3.63, 3.8) is 0 Å². The van der Waals surface area contributed by atoms with Gasteiger partial charge in [0.25, 0.3) is 0 Å². The number of benzene rings is 2. The normalized spacial score (nSPS) is 19.0. The predicted molar refractivity (Wildman–Crippen MR) is 111 cm³/mol. The van der Waals surface area contributed by atoms with Crippen LogP contribution in [-0.2, 0) is 0 Å². The molecule has 29 heavy (non-hydrogen) atoms. The molecule has 2 aliphatic rings. The van der Waals surface area contributed by atoms with Crippen LogP contribution in [0.25, 0.3) is 10.8 Å². The first-order valence-corrected chi connectivity index (χ1v) is 9.93. The van der Waals surface area contributed by atoms with Crippen LogP contribution in [0.5, 0.6) is 11.5 Å². The molecule has 1 atom stereocenters. The number of methoxy groups -OCH3 is 1. The molecule has 6 heteroatoms. The number of nitrogens with one attached hydrogen (secondary N) is 2. The summed E-state index contributed by atoms with van der Waals surface area (Å²) in [5, 5.41) is 8.11. The first-order chi connectivity index (χ1) is 14.2. The molecule has 2 N–H and O–H groups in total. The fourth-order valence-corrected chi connectivity index (χ4v) is 4.33. The summed E-state index contributed by atoms with van der Waals surface area (Å²) in [6.07, 6.45) is 7.49. The number of carbonyl (C=O) groups is 1. The minimum Gasteiger partial charge on any atom is -0.497 e. The molecule has 3 aromatic rings. The number of pyridine rings is 1. The molecule has 0 saturated heterocycles. The lowest BCUT2D eigenvalue weighted by molar-refractivity contribution is -0.0355. The summed E-state index contributed by atoms with van der Waals surface area (Å²) in [4.78, 5) is 17.0. The van der Waals surface area contributed by atoms with E-state index < -0.39 is 0 Å². The third-order valence-corrected chi connectivity index (χ3v) is 5.99. The summed E-state index contributed by atoms with van der Waals surface area (Å²) in [6, 6.07) is 13.1. The van der Waals surface area contributed by atoms with Gasteiger partial charge in [0.2, 0.25) is 0 Å². The van der Waals surface area contributed by atoms with Crippen LogP contribution in [0.3, 0.4) is 0 Å². The second-order valence-electron chi connectivity index (χ2n) is 7.80. The first-order valence-electron chi connectivity index (χ1n) is 9.93. The number of hydrogen-bond donors (Lipinski definition) is 2. The Kier molecular flexibility index (Phi) is 4.27. The lowest BCUT2D eigenvalue weighted by Crippen LogP contribution is -2.50. The van der Waals surface area contributed by atoms with E-state index in [1.807, 2.05) is 42.5 Å². The van der Waals surface area contributed by atoms with Gasteiger partial charge in [-0.2, -0.15) is 0 Å². The zero-order valence-electron chi connectivity index (χ0n) is 16.3. The average molecular weight is 389 g/mol. The van der Waals surface area contributed by atoms with Crippen LogP contribution in [0.4, 0.5) is 10.5 Å². The molecular formula is C23H23N3O3. The van der Waals surface area contributed by atoms with Crippen molar-refractivity contribution in [3.8, 4) is 11.5 Å². The van der Waals surface area contributed by atoms with E-state index in [1.54, 1.807) is 19.5 Å². The van der Waals surface area contributed by atoms with E-state index in [1.165, 1.54) is 0 Å². The first kappa shape index (κ1) is 17.8. The average Bonchev–Trinajstić information content (AvgIpc) is 2.72. The number of nitrogens with zero attached hydrogens (tertiary/aromatic N) is 1. The Hall–Kier alpha value is -3.28. The van der Waals surface area contributed by atoms with Gasteiger partial charge in [-0.3, -0.25) is 4.98 Å². The van der Waals surface area contributed by atoms with Gasteiger partial charge in [-0.05, 0) is 49.6 Å². The zero-order valence-corrected chi connectivity index (χ0v) is 16.3. The largest absolute Gasteiger partial charge is 0.497 e. The molecule has 6 nitrogen and oxygen atoms in total. The molecule has 5 rings (SSSR count). The van der Waals surface area contributed by atoms with Crippen LogP contribution in [0.2, 0.25) is 0 Å². The van der Waals surface area contributed by atoms with Crippen molar-refractivity contribution < 1.29 is 14.3 Å². The van der Waals surface area contributed by atoms with Crippen LogP contribution >= 0.6 is 0 Å². The molecule has 2 heterocycles. The van der Waals surface area contributed by atoms with Crippen molar-refractivity contribution in [2.45, 2.75) is 37.3 Å². The second-order valence-corrected chi connectivity index (χ2v) is 7.80. The van der Waals surface area contributed by atoms with Crippen molar-refractivity contribution in [1.82, 2.24) is 10.3 Å². The number of hydrogen-bond acceptors (Lipinski definition) is 4. The van der Waals surface area contributed by atoms with Gasteiger partial charge in [0.15, 0.2) is 0 Å². The van der Waals surface area contributed by atoms with Gasteiger partial charge in [0.05, 0.1) is 18.8 Å². The number of anilines is 1. The number of carbonyl (C=O) groups excluding carboxylic acids is 1. The fourth-order valence-electron chi connectivity index (χ4n) is 4.33. The van der Waals surface area contributed by atoms with E-state index in [4.69, 9.17) is 9.47 Å². The van der Waals surface area contributed by atoms with Crippen molar-refractivity contribution >= 4 is 22.5 Å². The Balaban J connectivity index is 1.41. The van der Waals surface area contributed by atoms with E-state index in [0.717, 1.165) is 59.2 Å². The highest BCUT2D eigenvalue weighted by Gasteiger charge is 2.46. The molecule has 2 aromatic carbocycles. The number of rotatable bonds is 3. The highest BCUT2D eigenvalue weighted by Crippen LogP contribution is 2.49. The summed E-state index contributed by atoms with van der Waals surface area (Å²) in [6.45, 7) is 0. The maximum Gasteiger partial charge on any atom is 0.319 e. The summed E-state index contributed by atoms with van der Waals surface area (Å²) < 4.78 is 11.7. The Morgan fingerprint density at radius 2 is 2.14 bits per heavy atom. The monoisotopic (exact) mass is 389 g/mol. The fraction of sp³-hybridized carbons (Fsp3) is 0.304. The third-order valence-electron chi connectivity index (χ3n) is 5.99. The predicted octanol–water partition coefficient (Wildman–Crippen LogP) is 4.81. The van der Waals surface area contributed by atoms with E-state index in [9.17, 15) is 4.79 Å². The Labute approximate surface area is 169 Å². The molecule has 0 radical (unpaired) electrons. The van der Waals surface area contributed by atoms with Gasteiger partial charge in [-0.25, -0.2) is 4.79 Å². The number of fused-ring (bicyclic) bond motifs is 2. The van der Waals surface area contributed by atoms with Crippen LogP contribution in [0.1, 0.15) is 37.3 Å². The zero-order chi connectivity index (χ0) is 19.8. The number of aromatic nitrogens is 1. The molecule has 1 unspecified atom stereocenters. The minimum atomic E-state index is -0.232.